The molecule has 4 aromatic rings. The Balaban J connectivity index is 2.03. The predicted molar refractivity (Wildman–Crippen MR) is 108 cm³/mol. The molecule has 0 aliphatic heterocycles. The van der Waals surface area contributed by atoms with Gasteiger partial charge in [0, 0.05) is 18.0 Å². The van der Waals surface area contributed by atoms with Gasteiger partial charge in [-0.25, -0.2) is 14.5 Å². The van der Waals surface area contributed by atoms with Gasteiger partial charge in [-0.3, -0.25) is 4.98 Å². The smallest absolute Gasteiger partial charge is 0.339 e. The van der Waals surface area contributed by atoms with Crippen LogP contribution in [0.25, 0.3) is 28.0 Å². The molecule has 0 bridgehead atoms. The number of carbonyl (C=O) groups is 1. The molecule has 3 aromatic heterocycles. The van der Waals surface area contributed by atoms with Gasteiger partial charge in [0.05, 0.1) is 34.6 Å². The minimum Gasteiger partial charge on any atom is -0.462 e. The number of aromatic nitrogens is 4. The summed E-state index contributed by atoms with van der Waals surface area (Å²) in [5, 5.41) is 5.37. The molecule has 0 unspecified atom stereocenters. The number of rotatable bonds is 4. The minimum absolute atomic E-state index is 0.302. The third-order valence-electron chi connectivity index (χ3n) is 4.51. The predicted octanol–water partition coefficient (Wildman–Crippen LogP) is 4.28. The first kappa shape index (κ1) is 17.9. The number of nitrogens with zero attached hydrogens (tertiary/aromatic N) is 4. The van der Waals surface area contributed by atoms with Crippen LogP contribution in [0, 0.1) is 13.8 Å². The molecule has 0 saturated carbocycles. The molecule has 6 nitrogen and oxygen atoms in total. The summed E-state index contributed by atoms with van der Waals surface area (Å²) in [6.45, 7) is 6.00. The number of ether oxygens (including phenoxy) is 1. The molecule has 0 fully saturated rings. The Morgan fingerprint density at radius 2 is 2.00 bits per heavy atom. The van der Waals surface area contributed by atoms with E-state index in [0.717, 1.165) is 22.5 Å². The van der Waals surface area contributed by atoms with Crippen LogP contribution in [0.15, 0.2) is 54.9 Å². The average molecular weight is 372 g/mol. The van der Waals surface area contributed by atoms with Gasteiger partial charge < -0.3 is 4.74 Å². The molecule has 140 valence electrons. The second kappa shape index (κ2) is 7.23. The first-order chi connectivity index (χ1) is 13.6. The molecule has 0 saturated heterocycles. The number of hydrogen-bond donors (Lipinski definition) is 0. The van der Waals surface area contributed by atoms with E-state index in [-0.39, 0.29) is 5.97 Å². The van der Waals surface area contributed by atoms with Gasteiger partial charge >= 0.3 is 5.97 Å². The van der Waals surface area contributed by atoms with Gasteiger partial charge in [0.15, 0.2) is 5.65 Å². The summed E-state index contributed by atoms with van der Waals surface area (Å²) in [5.41, 5.74) is 5.29. The third kappa shape index (κ3) is 3.13. The van der Waals surface area contributed by atoms with E-state index in [1.54, 1.807) is 30.1 Å². The molecule has 1 aromatic carbocycles. The van der Waals surface area contributed by atoms with Crippen molar-refractivity contribution >= 4 is 17.0 Å². The lowest BCUT2D eigenvalue weighted by Crippen LogP contribution is -2.07. The second-order valence-electron chi connectivity index (χ2n) is 6.55. The summed E-state index contributed by atoms with van der Waals surface area (Å²) in [4.78, 5) is 21.7. The second-order valence-corrected chi connectivity index (χ2v) is 6.55. The molecule has 0 N–H and O–H groups in total. The Morgan fingerprint density at radius 3 is 2.71 bits per heavy atom. The highest BCUT2D eigenvalue weighted by atomic mass is 16.5. The summed E-state index contributed by atoms with van der Waals surface area (Å²) >= 11 is 0. The maximum absolute atomic E-state index is 12.7. The fourth-order valence-electron chi connectivity index (χ4n) is 3.26. The Morgan fingerprint density at radius 1 is 1.14 bits per heavy atom. The summed E-state index contributed by atoms with van der Waals surface area (Å²) < 4.78 is 7.07. The number of hydrogen-bond acceptors (Lipinski definition) is 5. The summed E-state index contributed by atoms with van der Waals surface area (Å²) in [6, 6.07) is 13.5. The molecular formula is C22H20N4O2. The highest BCUT2D eigenvalue weighted by Crippen LogP contribution is 2.29. The van der Waals surface area contributed by atoms with E-state index >= 15 is 0 Å². The molecule has 28 heavy (non-hydrogen) atoms. The van der Waals surface area contributed by atoms with Crippen molar-refractivity contribution in [3.8, 4) is 16.9 Å². The molecular weight excluding hydrogens is 352 g/mol. The summed E-state index contributed by atoms with van der Waals surface area (Å²) in [6.07, 6.45) is 3.43. The largest absolute Gasteiger partial charge is 0.462 e. The minimum atomic E-state index is -0.382. The van der Waals surface area contributed by atoms with Gasteiger partial charge in [-0.05, 0) is 56.7 Å². The monoisotopic (exact) mass is 372 g/mol. The van der Waals surface area contributed by atoms with Crippen molar-refractivity contribution in [3.05, 3.63) is 71.7 Å². The normalized spacial score (nSPS) is 11.0. The van der Waals surface area contributed by atoms with Crippen molar-refractivity contribution in [2.45, 2.75) is 20.8 Å². The van der Waals surface area contributed by atoms with E-state index in [2.05, 4.69) is 10.1 Å². The number of aryl methyl sites for hydroxylation is 2. The van der Waals surface area contributed by atoms with E-state index < -0.39 is 0 Å². The highest BCUT2D eigenvalue weighted by Gasteiger charge is 2.21. The SMILES string of the molecule is CCOC(=O)c1cc(-c2cccnc2)nc2c1c(C)nn2-c1cccc(C)c1. The number of fused-ring (bicyclic) bond motifs is 1. The molecule has 0 spiro atoms. The number of carbonyl (C=O) groups excluding carboxylic acids is 1. The van der Waals surface area contributed by atoms with Crippen LogP contribution in [-0.4, -0.2) is 32.3 Å². The van der Waals surface area contributed by atoms with Crippen LogP contribution in [0.5, 0.6) is 0 Å². The van der Waals surface area contributed by atoms with Crippen LogP contribution in [0.4, 0.5) is 0 Å². The lowest BCUT2D eigenvalue weighted by Gasteiger charge is -2.09. The van der Waals surface area contributed by atoms with E-state index in [4.69, 9.17) is 9.72 Å². The van der Waals surface area contributed by atoms with E-state index in [1.807, 2.05) is 50.2 Å². The fourth-order valence-corrected chi connectivity index (χ4v) is 3.26. The van der Waals surface area contributed by atoms with Crippen LogP contribution in [0.3, 0.4) is 0 Å². The Hall–Kier alpha value is -3.54. The Bertz CT molecular complexity index is 1170. The van der Waals surface area contributed by atoms with Gasteiger partial charge in [-0.2, -0.15) is 5.10 Å². The standard InChI is InChI=1S/C22H20N4O2/c1-4-28-22(27)18-12-19(16-8-6-10-23-13-16)24-21-20(18)15(3)25-26(21)17-9-5-7-14(2)11-17/h5-13H,4H2,1-3H3. The van der Waals surface area contributed by atoms with Gasteiger partial charge in [0.1, 0.15) is 0 Å². The van der Waals surface area contributed by atoms with E-state index in [9.17, 15) is 4.79 Å². The topological polar surface area (TPSA) is 69.9 Å². The first-order valence-corrected chi connectivity index (χ1v) is 9.13. The van der Waals surface area contributed by atoms with Crippen molar-refractivity contribution in [2.75, 3.05) is 6.61 Å². The van der Waals surface area contributed by atoms with Gasteiger partial charge in [0.25, 0.3) is 0 Å². The first-order valence-electron chi connectivity index (χ1n) is 9.13. The Kier molecular flexibility index (Phi) is 4.61. The molecule has 0 aliphatic rings. The van der Waals surface area contributed by atoms with Crippen molar-refractivity contribution in [3.63, 3.8) is 0 Å². The van der Waals surface area contributed by atoms with Crippen LogP contribution in [0.2, 0.25) is 0 Å². The Labute approximate surface area is 162 Å². The van der Waals surface area contributed by atoms with Crippen molar-refractivity contribution in [2.24, 2.45) is 0 Å². The lowest BCUT2D eigenvalue weighted by molar-refractivity contribution is 0.0528. The van der Waals surface area contributed by atoms with E-state index in [1.165, 1.54) is 0 Å². The van der Waals surface area contributed by atoms with Crippen LogP contribution >= 0.6 is 0 Å². The van der Waals surface area contributed by atoms with Crippen LogP contribution in [-0.2, 0) is 4.74 Å². The van der Waals surface area contributed by atoms with Crippen LogP contribution in [0.1, 0.15) is 28.5 Å². The summed E-state index contributed by atoms with van der Waals surface area (Å²) in [7, 11) is 0. The lowest BCUT2D eigenvalue weighted by atomic mass is 10.1. The van der Waals surface area contributed by atoms with Gasteiger partial charge in [0.2, 0.25) is 0 Å². The van der Waals surface area contributed by atoms with E-state index in [0.29, 0.717) is 28.9 Å². The number of esters is 1. The summed E-state index contributed by atoms with van der Waals surface area (Å²) in [5.74, 6) is -0.382. The van der Waals surface area contributed by atoms with Crippen molar-refractivity contribution < 1.29 is 9.53 Å². The zero-order valence-electron chi connectivity index (χ0n) is 16.0. The van der Waals surface area contributed by atoms with Crippen LogP contribution < -0.4 is 0 Å². The fraction of sp³-hybridized carbons (Fsp3) is 0.182. The zero-order chi connectivity index (χ0) is 19.7. The quantitative estimate of drug-likeness (QED) is 0.500. The molecule has 0 aliphatic carbocycles. The van der Waals surface area contributed by atoms with Crippen molar-refractivity contribution in [1.29, 1.82) is 0 Å². The molecule has 3 heterocycles. The molecule has 0 radical (unpaired) electrons. The van der Waals surface area contributed by atoms with Crippen molar-refractivity contribution in [1.82, 2.24) is 19.7 Å². The number of pyridine rings is 2. The molecule has 4 rings (SSSR count). The molecule has 6 heteroatoms. The maximum Gasteiger partial charge on any atom is 0.339 e. The van der Waals surface area contributed by atoms with Gasteiger partial charge in [-0.15, -0.1) is 0 Å². The number of benzene rings is 1. The van der Waals surface area contributed by atoms with Gasteiger partial charge in [-0.1, -0.05) is 12.1 Å². The highest BCUT2D eigenvalue weighted by molar-refractivity contribution is 6.05. The molecule has 0 atom stereocenters. The average Bonchev–Trinajstić information content (AvgIpc) is 3.05. The zero-order valence-corrected chi connectivity index (χ0v) is 16.0. The maximum atomic E-state index is 12.7. The third-order valence-corrected chi connectivity index (χ3v) is 4.51. The molecule has 0 amide bonds.